The second-order valence-corrected chi connectivity index (χ2v) is 4.85. The summed E-state index contributed by atoms with van der Waals surface area (Å²) >= 11 is 0. The normalized spacial score (nSPS) is 19.7. The number of carboxylic acid groups (broad SMARTS) is 1. The molecule has 98 valence electrons. The van der Waals surface area contributed by atoms with E-state index in [-0.39, 0.29) is 5.56 Å². The Morgan fingerprint density at radius 2 is 1.83 bits per heavy atom. The first kappa shape index (κ1) is 13.1. The summed E-state index contributed by atoms with van der Waals surface area (Å²) in [6.07, 6.45) is 1.40. The Labute approximate surface area is 107 Å². The van der Waals surface area contributed by atoms with E-state index in [9.17, 15) is 9.90 Å². The van der Waals surface area contributed by atoms with Crippen molar-refractivity contribution >= 4 is 5.97 Å². The molecule has 1 aromatic carbocycles. The Hall–Kier alpha value is -1.39. The predicted octanol–water partition coefficient (Wildman–Crippen LogP) is 1.69. The van der Waals surface area contributed by atoms with Crippen molar-refractivity contribution in [2.75, 3.05) is 19.6 Å². The van der Waals surface area contributed by atoms with Gasteiger partial charge >= 0.3 is 5.97 Å². The number of nitrogens with zero attached hydrogens (tertiary/aromatic N) is 1. The van der Waals surface area contributed by atoms with Gasteiger partial charge < -0.3 is 15.1 Å². The van der Waals surface area contributed by atoms with Crippen molar-refractivity contribution in [3.63, 3.8) is 0 Å². The Morgan fingerprint density at radius 1 is 1.28 bits per heavy atom. The number of carboxylic acids is 1. The second kappa shape index (κ2) is 5.08. The van der Waals surface area contributed by atoms with E-state index in [1.165, 1.54) is 0 Å². The van der Waals surface area contributed by atoms with Gasteiger partial charge in [-0.25, -0.2) is 4.79 Å². The van der Waals surface area contributed by atoms with Gasteiger partial charge in [0.1, 0.15) is 0 Å². The third kappa shape index (κ3) is 2.54. The van der Waals surface area contributed by atoms with E-state index in [1.54, 1.807) is 24.3 Å². The maximum Gasteiger partial charge on any atom is 0.335 e. The molecular formula is C14H19NO3. The molecule has 0 radical (unpaired) electrons. The molecule has 0 amide bonds. The van der Waals surface area contributed by atoms with Crippen LogP contribution < -0.4 is 0 Å². The van der Waals surface area contributed by atoms with Crippen LogP contribution in [0.25, 0.3) is 0 Å². The Kier molecular flexibility index (Phi) is 3.68. The minimum atomic E-state index is -0.936. The topological polar surface area (TPSA) is 60.8 Å². The number of aromatic carboxylic acids is 1. The smallest absolute Gasteiger partial charge is 0.335 e. The first-order chi connectivity index (χ1) is 8.55. The third-order valence-corrected chi connectivity index (χ3v) is 3.80. The Bertz CT molecular complexity index is 419. The van der Waals surface area contributed by atoms with Gasteiger partial charge in [0.15, 0.2) is 0 Å². The number of likely N-dealkylation sites (tertiary alicyclic amines) is 1. The molecule has 1 saturated heterocycles. The zero-order valence-corrected chi connectivity index (χ0v) is 10.6. The lowest BCUT2D eigenvalue weighted by Crippen LogP contribution is -2.42. The summed E-state index contributed by atoms with van der Waals surface area (Å²) in [7, 11) is 0. The van der Waals surface area contributed by atoms with E-state index >= 15 is 0 Å². The fourth-order valence-electron chi connectivity index (χ4n) is 2.45. The van der Waals surface area contributed by atoms with Crippen LogP contribution in [0.4, 0.5) is 0 Å². The molecule has 1 heterocycles. The number of rotatable bonds is 3. The lowest BCUT2D eigenvalue weighted by Gasteiger charge is -2.38. The molecule has 0 unspecified atom stereocenters. The van der Waals surface area contributed by atoms with Crippen molar-refractivity contribution in [3.05, 3.63) is 35.4 Å². The quantitative estimate of drug-likeness (QED) is 0.855. The van der Waals surface area contributed by atoms with Gasteiger partial charge in [0.2, 0.25) is 0 Å². The summed E-state index contributed by atoms with van der Waals surface area (Å²) < 4.78 is 0. The maximum atomic E-state index is 10.8. The van der Waals surface area contributed by atoms with Gasteiger partial charge in [0, 0.05) is 13.1 Å². The van der Waals surface area contributed by atoms with Gasteiger partial charge in [-0.1, -0.05) is 19.1 Å². The molecule has 2 N–H and O–H groups in total. The van der Waals surface area contributed by atoms with Gasteiger partial charge in [-0.05, 0) is 37.1 Å². The first-order valence-corrected chi connectivity index (χ1v) is 6.34. The van der Waals surface area contributed by atoms with Gasteiger partial charge in [-0.2, -0.15) is 0 Å². The molecule has 2 rings (SSSR count). The zero-order valence-electron chi connectivity index (χ0n) is 10.6. The van der Waals surface area contributed by atoms with Gasteiger partial charge in [0.25, 0.3) is 0 Å². The van der Waals surface area contributed by atoms with Crippen molar-refractivity contribution in [1.29, 1.82) is 0 Å². The first-order valence-electron chi connectivity index (χ1n) is 6.34. The van der Waals surface area contributed by atoms with E-state index in [2.05, 4.69) is 11.8 Å². The number of aliphatic hydroxyl groups is 1. The molecule has 0 spiro atoms. The minimum absolute atomic E-state index is 0.258. The van der Waals surface area contributed by atoms with Crippen LogP contribution in [0, 0.1) is 0 Å². The van der Waals surface area contributed by atoms with E-state index in [0.717, 1.165) is 25.2 Å². The summed E-state index contributed by atoms with van der Waals surface area (Å²) in [5.74, 6) is -0.936. The molecule has 18 heavy (non-hydrogen) atoms. The van der Waals surface area contributed by atoms with Crippen molar-refractivity contribution in [2.24, 2.45) is 0 Å². The summed E-state index contributed by atoms with van der Waals surface area (Å²) in [6, 6.07) is 6.57. The standard InChI is InChI=1S/C14H19NO3/c1-2-15-9-7-14(18,8-10-15)12-5-3-11(4-6-12)13(16)17/h3-6,18H,2,7-10H2,1H3,(H,16,17). The summed E-state index contributed by atoms with van der Waals surface area (Å²) in [4.78, 5) is 13.1. The molecule has 0 bridgehead atoms. The zero-order chi connectivity index (χ0) is 13.2. The van der Waals surface area contributed by atoms with Crippen LogP contribution in [-0.2, 0) is 5.60 Å². The van der Waals surface area contributed by atoms with Crippen LogP contribution in [0.15, 0.2) is 24.3 Å². The average Bonchev–Trinajstić information content (AvgIpc) is 2.40. The number of piperidine rings is 1. The van der Waals surface area contributed by atoms with Gasteiger partial charge in [-0.15, -0.1) is 0 Å². The van der Waals surface area contributed by atoms with Crippen LogP contribution in [-0.4, -0.2) is 40.7 Å². The Balaban J connectivity index is 2.13. The molecule has 0 atom stereocenters. The van der Waals surface area contributed by atoms with Gasteiger partial charge in [0.05, 0.1) is 11.2 Å². The highest BCUT2D eigenvalue weighted by Crippen LogP contribution is 2.32. The third-order valence-electron chi connectivity index (χ3n) is 3.80. The van der Waals surface area contributed by atoms with Crippen LogP contribution in [0.5, 0.6) is 0 Å². The summed E-state index contributed by atoms with van der Waals surface area (Å²) in [6.45, 7) is 4.89. The average molecular weight is 249 g/mol. The molecule has 0 aliphatic carbocycles. The fourth-order valence-corrected chi connectivity index (χ4v) is 2.45. The SMILES string of the molecule is CCN1CCC(O)(c2ccc(C(=O)O)cc2)CC1. The monoisotopic (exact) mass is 249 g/mol. The molecule has 0 saturated carbocycles. The molecule has 1 aliphatic heterocycles. The fraction of sp³-hybridized carbons (Fsp3) is 0.500. The lowest BCUT2D eigenvalue weighted by molar-refractivity contribution is -0.0247. The molecule has 0 aromatic heterocycles. The number of benzene rings is 1. The summed E-state index contributed by atoms with van der Waals surface area (Å²) in [5, 5.41) is 19.5. The molecule has 1 aliphatic rings. The van der Waals surface area contributed by atoms with E-state index in [4.69, 9.17) is 5.11 Å². The number of hydrogen-bond acceptors (Lipinski definition) is 3. The second-order valence-electron chi connectivity index (χ2n) is 4.85. The van der Waals surface area contributed by atoms with Crippen LogP contribution in [0.3, 0.4) is 0 Å². The van der Waals surface area contributed by atoms with Crippen LogP contribution in [0.2, 0.25) is 0 Å². The van der Waals surface area contributed by atoms with Gasteiger partial charge in [-0.3, -0.25) is 0 Å². The van der Waals surface area contributed by atoms with E-state index < -0.39 is 11.6 Å². The lowest BCUT2D eigenvalue weighted by atomic mass is 9.84. The van der Waals surface area contributed by atoms with Crippen molar-refractivity contribution < 1.29 is 15.0 Å². The van der Waals surface area contributed by atoms with Crippen molar-refractivity contribution in [2.45, 2.75) is 25.4 Å². The largest absolute Gasteiger partial charge is 0.478 e. The highest BCUT2D eigenvalue weighted by Gasteiger charge is 2.33. The van der Waals surface area contributed by atoms with E-state index in [0.29, 0.717) is 12.8 Å². The van der Waals surface area contributed by atoms with E-state index in [1.807, 2.05) is 0 Å². The maximum absolute atomic E-state index is 10.8. The molecule has 1 fully saturated rings. The molecular weight excluding hydrogens is 230 g/mol. The Morgan fingerprint density at radius 3 is 2.28 bits per heavy atom. The van der Waals surface area contributed by atoms with Crippen LogP contribution >= 0.6 is 0 Å². The van der Waals surface area contributed by atoms with Crippen molar-refractivity contribution in [3.8, 4) is 0 Å². The summed E-state index contributed by atoms with van der Waals surface area (Å²) in [5.41, 5.74) is 0.277. The van der Waals surface area contributed by atoms with Crippen LogP contribution in [0.1, 0.15) is 35.7 Å². The highest BCUT2D eigenvalue weighted by molar-refractivity contribution is 5.87. The molecule has 1 aromatic rings. The number of carbonyl (C=O) groups is 1. The highest BCUT2D eigenvalue weighted by atomic mass is 16.4. The molecule has 4 nitrogen and oxygen atoms in total. The molecule has 4 heteroatoms. The minimum Gasteiger partial charge on any atom is -0.478 e. The predicted molar refractivity (Wildman–Crippen MR) is 68.6 cm³/mol. The van der Waals surface area contributed by atoms with Crippen molar-refractivity contribution in [1.82, 2.24) is 4.90 Å². The number of hydrogen-bond donors (Lipinski definition) is 2.